The van der Waals surface area contributed by atoms with Crippen molar-refractivity contribution in [2.24, 2.45) is 0 Å². The first kappa shape index (κ1) is 26.4. The van der Waals surface area contributed by atoms with E-state index in [4.69, 9.17) is 0 Å². The number of hydrogen-bond acceptors (Lipinski definition) is 0. The Balaban J connectivity index is 2.17. The lowest BCUT2D eigenvalue weighted by Crippen LogP contribution is -2.73. The van der Waals surface area contributed by atoms with Crippen LogP contribution in [-0.2, 0) is 6.42 Å². The van der Waals surface area contributed by atoms with Gasteiger partial charge in [-0.25, -0.2) is 0 Å². The van der Waals surface area contributed by atoms with Crippen molar-refractivity contribution in [3.63, 3.8) is 0 Å². The average Bonchev–Trinajstić information content (AvgIpc) is 3.01. The fourth-order valence-corrected chi connectivity index (χ4v) is 13.2. The van der Waals surface area contributed by atoms with E-state index < -0.39 is 8.07 Å². The van der Waals surface area contributed by atoms with Crippen LogP contribution in [-0.4, -0.2) is 8.07 Å². The van der Waals surface area contributed by atoms with Gasteiger partial charge in [0, 0.05) is 5.04 Å². The van der Waals surface area contributed by atoms with E-state index in [1.165, 1.54) is 72.9 Å². The minimum Gasteiger partial charge on any atom is -0.0730 e. The van der Waals surface area contributed by atoms with Gasteiger partial charge in [-0.2, -0.15) is 0 Å². The molecule has 0 bridgehead atoms. The first-order chi connectivity index (χ1) is 17.0. The molecule has 0 aromatic heterocycles. The van der Waals surface area contributed by atoms with Gasteiger partial charge in [0.25, 0.3) is 0 Å². The van der Waals surface area contributed by atoms with Gasteiger partial charge < -0.3 is 0 Å². The summed E-state index contributed by atoms with van der Waals surface area (Å²) >= 11 is 0. The topological polar surface area (TPSA) is 0 Å². The summed E-state index contributed by atoms with van der Waals surface area (Å²) in [6, 6.07) is 24.4. The second-order valence-corrected chi connectivity index (χ2v) is 15.9. The highest BCUT2D eigenvalue weighted by Crippen LogP contribution is 2.52. The highest BCUT2D eigenvalue weighted by molar-refractivity contribution is 7.14. The smallest absolute Gasteiger partial charge is 0.0730 e. The van der Waals surface area contributed by atoms with E-state index in [1.807, 2.05) is 0 Å². The molecule has 1 unspecified atom stereocenters. The molecule has 1 aliphatic carbocycles. The molecule has 36 heavy (non-hydrogen) atoms. The van der Waals surface area contributed by atoms with Crippen LogP contribution >= 0.6 is 0 Å². The Labute approximate surface area is 221 Å². The van der Waals surface area contributed by atoms with E-state index in [9.17, 15) is 0 Å². The largest absolute Gasteiger partial charge is 0.161 e. The third kappa shape index (κ3) is 4.37. The van der Waals surface area contributed by atoms with Crippen LogP contribution in [0.4, 0.5) is 0 Å². The predicted octanol–water partition coefficient (Wildman–Crippen LogP) is 7.79. The van der Waals surface area contributed by atoms with Gasteiger partial charge in [-0.15, -0.1) is 0 Å². The molecule has 0 radical (unpaired) electrons. The van der Waals surface area contributed by atoms with Crippen molar-refractivity contribution in [3.8, 4) is 0 Å². The Morgan fingerprint density at radius 2 is 1.11 bits per heavy atom. The zero-order valence-corrected chi connectivity index (χ0v) is 25.0. The lowest BCUT2D eigenvalue weighted by molar-refractivity contribution is 0.795. The van der Waals surface area contributed by atoms with Gasteiger partial charge in [-0.3, -0.25) is 0 Å². The van der Waals surface area contributed by atoms with E-state index in [0.29, 0.717) is 0 Å². The maximum Gasteiger partial charge on any atom is 0.161 e. The quantitative estimate of drug-likeness (QED) is 0.233. The monoisotopic (exact) mass is 492 g/mol. The van der Waals surface area contributed by atoms with Crippen molar-refractivity contribution in [1.82, 2.24) is 0 Å². The van der Waals surface area contributed by atoms with Gasteiger partial charge in [0.1, 0.15) is 0 Å². The van der Waals surface area contributed by atoms with Crippen LogP contribution in [0.1, 0.15) is 75.3 Å². The van der Waals surface area contributed by atoms with Crippen molar-refractivity contribution < 1.29 is 0 Å². The maximum absolute atomic E-state index is 2.62. The van der Waals surface area contributed by atoms with Gasteiger partial charge in [-0.05, 0) is 88.0 Å². The molecule has 4 rings (SSSR count). The maximum atomic E-state index is 2.62. The average molecular weight is 493 g/mol. The lowest BCUT2D eigenvalue weighted by atomic mass is 10.0. The Kier molecular flexibility index (Phi) is 7.35. The van der Waals surface area contributed by atoms with Crippen LogP contribution in [0.5, 0.6) is 0 Å². The Bertz CT molecular complexity index is 1240. The van der Waals surface area contributed by atoms with E-state index in [1.54, 1.807) is 0 Å². The van der Waals surface area contributed by atoms with Gasteiger partial charge in [-0.1, -0.05) is 120 Å². The van der Waals surface area contributed by atoms with Crippen molar-refractivity contribution in [2.75, 3.05) is 0 Å². The van der Waals surface area contributed by atoms with Crippen LogP contribution in [0, 0.1) is 27.7 Å². The second-order valence-electron chi connectivity index (χ2n) is 11.6. The van der Waals surface area contributed by atoms with Crippen LogP contribution in [0.25, 0.3) is 0 Å². The Morgan fingerprint density at radius 3 is 1.50 bits per heavy atom. The zero-order chi connectivity index (χ0) is 26.3. The molecule has 0 spiro atoms. The summed E-state index contributed by atoms with van der Waals surface area (Å²) in [5.74, 6) is 0. The molecule has 0 heterocycles. The highest BCUT2D eigenvalue weighted by Gasteiger charge is 2.56. The number of hydrogen-bond donors (Lipinski definition) is 0. The first-order valence-corrected chi connectivity index (χ1v) is 15.7. The van der Waals surface area contributed by atoms with Crippen LogP contribution in [0.3, 0.4) is 0 Å². The molecule has 3 aromatic carbocycles. The summed E-state index contributed by atoms with van der Waals surface area (Å²) in [4.78, 5) is 0. The third-order valence-corrected chi connectivity index (χ3v) is 14.3. The summed E-state index contributed by atoms with van der Waals surface area (Å²) in [5.41, 5.74) is 11.3. The van der Waals surface area contributed by atoms with Gasteiger partial charge in [0.05, 0.1) is 0 Å². The SMILES string of the molecule is CCCCc1ccc([Si](c2cc(C)cc(C)c2)(c2cc(C)cc(C)c2)C2(C)C=C(C)C(C)=C2C)cc1. The summed E-state index contributed by atoms with van der Waals surface area (Å²) in [7, 11) is -2.58. The molecule has 0 N–H and O–H groups in total. The Hall–Kier alpha value is -2.64. The first-order valence-electron chi connectivity index (χ1n) is 13.7. The minimum absolute atomic E-state index is 0.0629. The fraction of sp³-hybridized carbons (Fsp3) is 0.371. The molecule has 0 aliphatic heterocycles. The predicted molar refractivity (Wildman–Crippen MR) is 162 cm³/mol. The molecule has 1 aliphatic rings. The summed E-state index contributed by atoms with van der Waals surface area (Å²) in [5, 5.41) is 4.49. The van der Waals surface area contributed by atoms with Crippen LogP contribution in [0.2, 0.25) is 5.04 Å². The fourth-order valence-electron chi connectivity index (χ4n) is 6.81. The van der Waals surface area contributed by atoms with Crippen molar-refractivity contribution >= 4 is 23.6 Å². The zero-order valence-electron chi connectivity index (χ0n) is 24.0. The number of unbranched alkanes of at least 4 members (excludes halogenated alkanes) is 1. The van der Waals surface area contributed by atoms with E-state index >= 15 is 0 Å². The standard InChI is InChI=1S/C35H44Si/c1-10-11-12-31-13-15-32(16-14-31)36(33-19-24(2)17-25(3)20-33,34-21-26(4)18-27(5)22-34)35(9)23-28(6)29(7)30(35)8/h13-23H,10-12H2,1-9H3. The van der Waals surface area contributed by atoms with E-state index in [-0.39, 0.29) is 5.04 Å². The van der Waals surface area contributed by atoms with Crippen LogP contribution < -0.4 is 15.6 Å². The minimum atomic E-state index is -2.58. The van der Waals surface area contributed by atoms with Crippen LogP contribution in [0.15, 0.2) is 83.5 Å². The molecular weight excluding hydrogens is 448 g/mol. The van der Waals surface area contributed by atoms with E-state index in [2.05, 4.69) is 129 Å². The van der Waals surface area contributed by atoms with Gasteiger partial charge >= 0.3 is 0 Å². The normalized spacial score (nSPS) is 18.1. The molecule has 188 valence electrons. The lowest BCUT2D eigenvalue weighted by Gasteiger charge is -2.47. The molecule has 0 saturated carbocycles. The summed E-state index contributed by atoms with van der Waals surface area (Å²) in [6.45, 7) is 20.9. The molecule has 3 aromatic rings. The number of rotatable bonds is 7. The Morgan fingerprint density at radius 1 is 0.639 bits per heavy atom. The molecular formula is C35H44Si. The van der Waals surface area contributed by atoms with Gasteiger partial charge in [0.15, 0.2) is 8.07 Å². The number of aryl methyl sites for hydroxylation is 5. The summed E-state index contributed by atoms with van der Waals surface area (Å²) < 4.78 is 0. The molecule has 0 amide bonds. The second kappa shape index (κ2) is 10.0. The molecule has 0 fully saturated rings. The van der Waals surface area contributed by atoms with Crippen molar-refractivity contribution in [2.45, 2.75) is 86.6 Å². The number of allylic oxidation sites excluding steroid dienone is 4. The molecule has 0 saturated heterocycles. The molecule has 1 heteroatoms. The highest BCUT2D eigenvalue weighted by atomic mass is 28.3. The molecule has 1 atom stereocenters. The van der Waals surface area contributed by atoms with Gasteiger partial charge in [0.2, 0.25) is 0 Å². The summed E-state index contributed by atoms with van der Waals surface area (Å²) in [6.07, 6.45) is 6.25. The third-order valence-electron chi connectivity index (χ3n) is 8.73. The molecule has 0 nitrogen and oxygen atoms in total. The van der Waals surface area contributed by atoms with Crippen molar-refractivity contribution in [1.29, 1.82) is 0 Å². The van der Waals surface area contributed by atoms with E-state index in [0.717, 1.165) is 6.42 Å². The number of benzene rings is 3. The van der Waals surface area contributed by atoms with Crippen molar-refractivity contribution in [3.05, 3.63) is 111 Å².